The van der Waals surface area contributed by atoms with Crippen molar-refractivity contribution < 1.29 is 5.11 Å². The van der Waals surface area contributed by atoms with Crippen LogP contribution in [0.25, 0.3) is 0 Å². The van der Waals surface area contributed by atoms with E-state index in [1.54, 1.807) is 6.08 Å². The summed E-state index contributed by atoms with van der Waals surface area (Å²) < 4.78 is 0. The Kier molecular flexibility index (Phi) is 9.04. The topological polar surface area (TPSA) is 20.2 Å². The van der Waals surface area contributed by atoms with Crippen LogP contribution in [0, 0.1) is 0 Å². The van der Waals surface area contributed by atoms with Gasteiger partial charge in [0.15, 0.2) is 0 Å². The first kappa shape index (κ1) is 10.0. The summed E-state index contributed by atoms with van der Waals surface area (Å²) in [6.45, 7) is 0. The average Bonchev–Trinajstić information content (AvgIpc) is 1.97. The fourth-order valence-corrected chi connectivity index (χ4v) is 1.18. The van der Waals surface area contributed by atoms with Crippen LogP contribution in [0.3, 0.4) is 0 Å². The quantitative estimate of drug-likeness (QED) is 0.402. The van der Waals surface area contributed by atoms with E-state index < -0.39 is 0 Å². The lowest BCUT2D eigenvalue weighted by Crippen LogP contribution is -1.77. The highest BCUT2D eigenvalue weighted by Crippen LogP contribution is 2.04. The fraction of sp³-hybridized carbons (Fsp3) is 0.750. The lowest BCUT2D eigenvalue weighted by molar-refractivity contribution is 0.469. The molecule has 0 rings (SSSR count). The maximum Gasteiger partial charge on any atom is 0.0751 e. The molecular weight excluding hydrogens is 192 g/mol. The van der Waals surface area contributed by atoms with Gasteiger partial charge in [0.1, 0.15) is 0 Å². The summed E-state index contributed by atoms with van der Waals surface area (Å²) in [5.74, 6) is 0. The Bertz CT molecular complexity index is 81.3. The van der Waals surface area contributed by atoms with Crippen LogP contribution in [0.1, 0.15) is 32.1 Å². The van der Waals surface area contributed by atoms with E-state index in [1.807, 2.05) is 0 Å². The van der Waals surface area contributed by atoms with E-state index in [0.717, 1.165) is 18.0 Å². The molecule has 2 heteroatoms. The molecule has 0 aromatic heterocycles. The number of alkyl halides is 1. The first-order valence-corrected chi connectivity index (χ1v) is 4.89. The molecule has 0 amide bonds. The van der Waals surface area contributed by atoms with E-state index in [-0.39, 0.29) is 0 Å². The average molecular weight is 207 g/mol. The molecule has 10 heavy (non-hydrogen) atoms. The SMILES string of the molecule is OC=CCCCCCCBr. The van der Waals surface area contributed by atoms with E-state index in [4.69, 9.17) is 5.11 Å². The van der Waals surface area contributed by atoms with Crippen molar-refractivity contribution >= 4 is 15.9 Å². The van der Waals surface area contributed by atoms with Crippen molar-refractivity contribution in [3.05, 3.63) is 12.3 Å². The van der Waals surface area contributed by atoms with Crippen molar-refractivity contribution in [2.45, 2.75) is 32.1 Å². The Labute approximate surface area is 71.3 Å². The van der Waals surface area contributed by atoms with Gasteiger partial charge in [-0.2, -0.15) is 0 Å². The summed E-state index contributed by atoms with van der Waals surface area (Å²) in [5.41, 5.74) is 0. The molecule has 0 spiro atoms. The second-order valence-electron chi connectivity index (χ2n) is 2.28. The zero-order valence-corrected chi connectivity index (χ0v) is 7.81. The first-order valence-electron chi connectivity index (χ1n) is 3.77. The summed E-state index contributed by atoms with van der Waals surface area (Å²) in [6.07, 6.45) is 8.98. The summed E-state index contributed by atoms with van der Waals surface area (Å²) in [6, 6.07) is 0. The normalized spacial score (nSPS) is 10.9. The van der Waals surface area contributed by atoms with Crippen LogP contribution in [-0.4, -0.2) is 10.4 Å². The molecule has 0 aliphatic heterocycles. The molecule has 0 fully saturated rings. The molecule has 0 aromatic rings. The van der Waals surface area contributed by atoms with E-state index in [1.165, 1.54) is 25.7 Å². The van der Waals surface area contributed by atoms with Crippen molar-refractivity contribution in [1.82, 2.24) is 0 Å². The van der Waals surface area contributed by atoms with Crippen molar-refractivity contribution in [2.24, 2.45) is 0 Å². The minimum absolute atomic E-state index is 1.01. The van der Waals surface area contributed by atoms with Crippen LogP contribution in [-0.2, 0) is 0 Å². The maximum absolute atomic E-state index is 8.28. The Morgan fingerprint density at radius 2 is 1.80 bits per heavy atom. The van der Waals surface area contributed by atoms with E-state index >= 15 is 0 Å². The molecule has 0 saturated carbocycles. The summed E-state index contributed by atoms with van der Waals surface area (Å²) in [4.78, 5) is 0. The van der Waals surface area contributed by atoms with Gasteiger partial charge in [0.05, 0.1) is 6.26 Å². The molecule has 0 aromatic carbocycles. The van der Waals surface area contributed by atoms with Crippen molar-refractivity contribution in [1.29, 1.82) is 0 Å². The largest absolute Gasteiger partial charge is 0.516 e. The lowest BCUT2D eigenvalue weighted by Gasteiger charge is -1.94. The number of halogens is 1. The fourth-order valence-electron chi connectivity index (χ4n) is 0.785. The third-order valence-electron chi connectivity index (χ3n) is 1.36. The molecule has 0 saturated heterocycles. The molecule has 1 N–H and O–H groups in total. The summed E-state index contributed by atoms with van der Waals surface area (Å²) in [7, 11) is 0. The molecule has 0 heterocycles. The highest BCUT2D eigenvalue weighted by molar-refractivity contribution is 9.09. The lowest BCUT2D eigenvalue weighted by atomic mass is 10.1. The highest BCUT2D eigenvalue weighted by Gasteiger charge is 1.85. The van der Waals surface area contributed by atoms with Gasteiger partial charge in [-0.05, 0) is 19.3 Å². The molecular formula is C8H15BrO. The molecule has 0 atom stereocenters. The predicted octanol–water partition coefficient (Wildman–Crippen LogP) is 3.40. The maximum atomic E-state index is 8.28. The zero-order valence-electron chi connectivity index (χ0n) is 6.22. The molecule has 0 bridgehead atoms. The van der Waals surface area contributed by atoms with Gasteiger partial charge in [-0.25, -0.2) is 0 Å². The molecule has 1 nitrogen and oxygen atoms in total. The van der Waals surface area contributed by atoms with Crippen LogP contribution >= 0.6 is 15.9 Å². The predicted molar refractivity (Wildman–Crippen MR) is 48.6 cm³/mol. The molecule has 0 aliphatic carbocycles. The van der Waals surface area contributed by atoms with E-state index in [9.17, 15) is 0 Å². The number of aliphatic hydroxyl groups is 1. The van der Waals surface area contributed by atoms with Gasteiger partial charge in [-0.1, -0.05) is 34.8 Å². The van der Waals surface area contributed by atoms with Gasteiger partial charge in [0.2, 0.25) is 0 Å². The first-order chi connectivity index (χ1) is 4.91. The second-order valence-corrected chi connectivity index (χ2v) is 3.07. The molecule has 0 radical (unpaired) electrons. The van der Waals surface area contributed by atoms with E-state index in [2.05, 4.69) is 15.9 Å². The number of hydrogen-bond acceptors (Lipinski definition) is 1. The van der Waals surface area contributed by atoms with Crippen molar-refractivity contribution in [2.75, 3.05) is 5.33 Å². The van der Waals surface area contributed by atoms with Crippen molar-refractivity contribution in [3.63, 3.8) is 0 Å². The van der Waals surface area contributed by atoms with Gasteiger partial charge >= 0.3 is 0 Å². The standard InChI is InChI=1S/C8H15BrO/c9-7-5-3-1-2-4-6-8-10/h6,8,10H,1-5,7H2. The number of hydrogen-bond donors (Lipinski definition) is 1. The minimum Gasteiger partial charge on any atom is -0.516 e. The molecule has 60 valence electrons. The third-order valence-corrected chi connectivity index (χ3v) is 1.92. The monoisotopic (exact) mass is 206 g/mol. The molecule has 0 unspecified atom stereocenters. The van der Waals surface area contributed by atoms with Gasteiger partial charge in [0.25, 0.3) is 0 Å². The summed E-state index contributed by atoms with van der Waals surface area (Å²) >= 11 is 3.38. The van der Waals surface area contributed by atoms with Crippen molar-refractivity contribution in [3.8, 4) is 0 Å². The number of rotatable bonds is 6. The Morgan fingerprint density at radius 3 is 2.40 bits per heavy atom. The third kappa shape index (κ3) is 8.02. The Balaban J connectivity index is 2.77. The highest BCUT2D eigenvalue weighted by atomic mass is 79.9. The van der Waals surface area contributed by atoms with Gasteiger partial charge in [-0.15, -0.1) is 0 Å². The summed E-state index contributed by atoms with van der Waals surface area (Å²) in [5, 5.41) is 9.39. The van der Waals surface area contributed by atoms with Gasteiger partial charge in [0, 0.05) is 5.33 Å². The Morgan fingerprint density at radius 1 is 1.10 bits per heavy atom. The van der Waals surface area contributed by atoms with E-state index in [0.29, 0.717) is 0 Å². The Hall–Kier alpha value is 0.0200. The van der Waals surface area contributed by atoms with Gasteiger partial charge in [-0.3, -0.25) is 0 Å². The molecule has 0 aliphatic rings. The van der Waals surface area contributed by atoms with Gasteiger partial charge < -0.3 is 5.11 Å². The van der Waals surface area contributed by atoms with Crippen LogP contribution in [0.4, 0.5) is 0 Å². The second kappa shape index (κ2) is 9.02. The van der Waals surface area contributed by atoms with Crippen LogP contribution in [0.15, 0.2) is 12.3 Å². The van der Waals surface area contributed by atoms with Crippen LogP contribution in [0.5, 0.6) is 0 Å². The smallest absolute Gasteiger partial charge is 0.0751 e. The van der Waals surface area contributed by atoms with Crippen LogP contribution < -0.4 is 0 Å². The number of aliphatic hydroxyl groups excluding tert-OH is 1. The number of unbranched alkanes of at least 4 members (excludes halogenated alkanes) is 4. The van der Waals surface area contributed by atoms with Crippen LogP contribution in [0.2, 0.25) is 0 Å². The minimum atomic E-state index is 1.01. The number of allylic oxidation sites excluding steroid dienone is 1. The zero-order chi connectivity index (χ0) is 7.66.